The van der Waals surface area contributed by atoms with Crippen molar-refractivity contribution in [3.63, 3.8) is 0 Å². The average molecular weight is 460 g/mol. The van der Waals surface area contributed by atoms with Crippen LogP contribution in [0.15, 0.2) is 84.7 Å². The molecule has 0 unspecified atom stereocenters. The topological polar surface area (TPSA) is 70.7 Å². The summed E-state index contributed by atoms with van der Waals surface area (Å²) in [6.45, 7) is 4.12. The maximum absolute atomic E-state index is 13.1. The Morgan fingerprint density at radius 1 is 0.935 bits per heavy atom. The monoisotopic (exact) mass is 459 g/mol. The summed E-state index contributed by atoms with van der Waals surface area (Å²) in [6, 6.07) is 20.8. The highest BCUT2D eigenvalue weighted by molar-refractivity contribution is 5.97. The Labute approximate surface area is 195 Å². The lowest BCUT2D eigenvalue weighted by molar-refractivity contribution is -0.139. The summed E-state index contributed by atoms with van der Waals surface area (Å²) < 4.78 is 5.48. The normalized spacial score (nSPS) is 12.9. The third-order valence-electron chi connectivity index (χ3n) is 5.53. The van der Waals surface area contributed by atoms with Crippen LogP contribution in [0.4, 0.5) is 0 Å². The van der Waals surface area contributed by atoms with Crippen LogP contribution in [0.3, 0.4) is 0 Å². The number of aromatic nitrogens is 1. The van der Waals surface area contributed by atoms with E-state index < -0.39 is 5.41 Å². The highest BCUT2D eigenvalue weighted by atomic mass is 35.5. The highest BCUT2D eigenvalue weighted by Gasteiger charge is 2.48. The molecule has 2 N–H and O–H groups in total. The molecule has 0 aliphatic heterocycles. The van der Waals surface area contributed by atoms with Gasteiger partial charge in [0.05, 0.1) is 12.0 Å². The van der Waals surface area contributed by atoms with Gasteiger partial charge in [0, 0.05) is 18.0 Å². The van der Waals surface area contributed by atoms with Crippen molar-refractivity contribution in [3.05, 3.63) is 101 Å². The standard InChI is InChI=1S/C25H23NO2.2ClH.H2O/c1-3-21(24(27)28-4-2)25(17-18-13-15-26-16-14-18)22-11-7-5-9-19(22)20-10-6-8-12-23(20)25;;;/h3,5-16H,4,17H2,1-2H3;2*1H;1H2/b21-3-;;;. The van der Waals surface area contributed by atoms with Crippen LogP contribution < -0.4 is 0 Å². The Morgan fingerprint density at radius 3 is 1.94 bits per heavy atom. The first-order chi connectivity index (χ1) is 13.7. The zero-order valence-corrected chi connectivity index (χ0v) is 19.1. The number of carbonyl (C=O) groups is 1. The van der Waals surface area contributed by atoms with Crippen LogP contribution in [0.5, 0.6) is 0 Å². The second-order valence-corrected chi connectivity index (χ2v) is 6.95. The van der Waals surface area contributed by atoms with Gasteiger partial charge in [0.25, 0.3) is 0 Å². The van der Waals surface area contributed by atoms with E-state index in [9.17, 15) is 4.79 Å². The van der Waals surface area contributed by atoms with Crippen LogP contribution in [0, 0.1) is 0 Å². The summed E-state index contributed by atoms with van der Waals surface area (Å²) in [7, 11) is 0. The van der Waals surface area contributed by atoms with E-state index in [0.717, 1.165) is 16.7 Å². The average Bonchev–Trinajstić information content (AvgIpc) is 3.01. The third-order valence-corrected chi connectivity index (χ3v) is 5.53. The molecule has 6 heteroatoms. The highest BCUT2D eigenvalue weighted by Crippen LogP contribution is 2.54. The SMILES string of the molecule is C/C=C(/C(=O)OCC)C1(Cc2ccncc2)c2ccccc2-c2ccccc21.Cl.Cl.O. The van der Waals surface area contributed by atoms with E-state index in [4.69, 9.17) is 4.74 Å². The van der Waals surface area contributed by atoms with E-state index in [1.165, 1.54) is 11.1 Å². The summed E-state index contributed by atoms with van der Waals surface area (Å²) >= 11 is 0. The minimum absolute atomic E-state index is 0. The van der Waals surface area contributed by atoms with Crippen molar-refractivity contribution in [1.29, 1.82) is 0 Å². The van der Waals surface area contributed by atoms with E-state index in [0.29, 0.717) is 18.6 Å². The van der Waals surface area contributed by atoms with Gasteiger partial charge in [-0.05, 0) is 60.2 Å². The molecule has 0 fully saturated rings. The molecule has 2 aromatic carbocycles. The summed E-state index contributed by atoms with van der Waals surface area (Å²) in [5, 5.41) is 0. The van der Waals surface area contributed by atoms with Crippen molar-refractivity contribution >= 4 is 30.8 Å². The summed E-state index contributed by atoms with van der Waals surface area (Å²) in [6.07, 6.45) is 6.19. The summed E-state index contributed by atoms with van der Waals surface area (Å²) in [5.74, 6) is -0.259. The van der Waals surface area contributed by atoms with Crippen LogP contribution in [0.1, 0.15) is 30.5 Å². The molecule has 4 nitrogen and oxygen atoms in total. The van der Waals surface area contributed by atoms with Crippen LogP contribution in [-0.2, 0) is 21.4 Å². The number of benzene rings is 2. The predicted octanol–water partition coefficient (Wildman–Crippen LogP) is 5.12. The molecule has 0 saturated carbocycles. The zero-order valence-electron chi connectivity index (χ0n) is 17.5. The Balaban J connectivity index is 0.00000160. The molecule has 31 heavy (non-hydrogen) atoms. The Bertz CT molecular complexity index is 1010. The fraction of sp³-hybridized carbons (Fsp3) is 0.200. The molecular weight excluding hydrogens is 433 g/mol. The molecule has 1 heterocycles. The fourth-order valence-electron chi connectivity index (χ4n) is 4.46. The van der Waals surface area contributed by atoms with Gasteiger partial charge >= 0.3 is 5.97 Å². The largest absolute Gasteiger partial charge is 0.463 e. The van der Waals surface area contributed by atoms with Crippen LogP contribution in [0.25, 0.3) is 11.1 Å². The van der Waals surface area contributed by atoms with Gasteiger partial charge in [-0.15, -0.1) is 24.8 Å². The second-order valence-electron chi connectivity index (χ2n) is 6.95. The molecular formula is C25H27Cl2NO3. The number of rotatable bonds is 5. The van der Waals surface area contributed by atoms with Gasteiger partial charge in [0.15, 0.2) is 0 Å². The van der Waals surface area contributed by atoms with Crippen molar-refractivity contribution in [3.8, 4) is 11.1 Å². The number of hydrogen-bond donors (Lipinski definition) is 0. The maximum Gasteiger partial charge on any atom is 0.334 e. The first-order valence-corrected chi connectivity index (χ1v) is 9.64. The number of ether oxygens (including phenoxy) is 1. The second kappa shape index (κ2) is 11.1. The number of carbonyl (C=O) groups excluding carboxylic acids is 1. The Kier molecular flexibility index (Phi) is 9.44. The Hall–Kier alpha value is -2.66. The minimum atomic E-state index is -0.588. The third kappa shape index (κ3) is 4.38. The van der Waals surface area contributed by atoms with Crippen molar-refractivity contribution < 1.29 is 15.0 Å². The number of hydrogen-bond acceptors (Lipinski definition) is 3. The molecule has 1 aliphatic carbocycles. The summed E-state index contributed by atoms with van der Waals surface area (Å²) in [5.41, 5.74) is 5.87. The van der Waals surface area contributed by atoms with Crippen LogP contribution in [-0.4, -0.2) is 23.0 Å². The van der Waals surface area contributed by atoms with Gasteiger partial charge in [0.1, 0.15) is 0 Å². The first kappa shape index (κ1) is 26.4. The molecule has 0 atom stereocenters. The molecule has 0 amide bonds. The van der Waals surface area contributed by atoms with Crippen LogP contribution in [0.2, 0.25) is 0 Å². The number of pyridine rings is 1. The molecule has 0 radical (unpaired) electrons. The number of allylic oxidation sites excluding steroid dienone is 1. The van der Waals surface area contributed by atoms with E-state index in [2.05, 4.69) is 41.4 Å². The van der Waals surface area contributed by atoms with Crippen molar-refractivity contribution in [2.45, 2.75) is 25.7 Å². The Morgan fingerprint density at radius 2 is 1.45 bits per heavy atom. The van der Waals surface area contributed by atoms with Gasteiger partial charge in [-0.3, -0.25) is 4.98 Å². The van der Waals surface area contributed by atoms with Crippen molar-refractivity contribution in [2.24, 2.45) is 0 Å². The lowest BCUT2D eigenvalue weighted by atomic mass is 9.68. The van der Waals surface area contributed by atoms with Gasteiger partial charge < -0.3 is 10.2 Å². The minimum Gasteiger partial charge on any atom is -0.463 e. The fourth-order valence-corrected chi connectivity index (χ4v) is 4.46. The van der Waals surface area contributed by atoms with Crippen molar-refractivity contribution in [1.82, 2.24) is 4.98 Å². The van der Waals surface area contributed by atoms with E-state index in [1.807, 2.05) is 44.2 Å². The molecule has 4 rings (SSSR count). The lowest BCUT2D eigenvalue weighted by Crippen LogP contribution is -2.35. The van der Waals surface area contributed by atoms with E-state index >= 15 is 0 Å². The quantitative estimate of drug-likeness (QED) is 0.392. The maximum atomic E-state index is 13.1. The number of nitrogens with zero attached hydrogens (tertiary/aromatic N) is 1. The molecule has 0 bridgehead atoms. The molecule has 1 aliphatic rings. The molecule has 0 spiro atoms. The molecule has 3 aromatic rings. The molecule has 164 valence electrons. The number of halogens is 2. The molecule has 0 saturated heterocycles. The number of esters is 1. The first-order valence-electron chi connectivity index (χ1n) is 9.64. The van der Waals surface area contributed by atoms with Gasteiger partial charge in [0.2, 0.25) is 0 Å². The van der Waals surface area contributed by atoms with Crippen LogP contribution >= 0.6 is 24.8 Å². The lowest BCUT2D eigenvalue weighted by Gasteiger charge is -2.34. The molecule has 1 aromatic heterocycles. The van der Waals surface area contributed by atoms with E-state index in [-0.39, 0.29) is 36.3 Å². The van der Waals surface area contributed by atoms with Gasteiger partial charge in [-0.1, -0.05) is 54.6 Å². The predicted molar refractivity (Wildman–Crippen MR) is 129 cm³/mol. The number of fused-ring (bicyclic) bond motifs is 3. The van der Waals surface area contributed by atoms with E-state index in [1.54, 1.807) is 12.4 Å². The van der Waals surface area contributed by atoms with Gasteiger partial charge in [-0.25, -0.2) is 4.79 Å². The summed E-state index contributed by atoms with van der Waals surface area (Å²) in [4.78, 5) is 17.2. The zero-order chi connectivity index (χ0) is 19.6. The smallest absolute Gasteiger partial charge is 0.334 e. The van der Waals surface area contributed by atoms with Crippen molar-refractivity contribution in [2.75, 3.05) is 6.61 Å². The van der Waals surface area contributed by atoms with Gasteiger partial charge in [-0.2, -0.15) is 0 Å².